The smallest absolute Gasteiger partial charge is 0.251 e. The summed E-state index contributed by atoms with van der Waals surface area (Å²) in [6.07, 6.45) is 0. The minimum Gasteiger partial charge on any atom is -0.497 e. The maximum Gasteiger partial charge on any atom is 0.251 e. The van der Waals surface area contributed by atoms with Crippen LogP contribution in [0.15, 0.2) is 78.9 Å². The first-order valence-electron chi connectivity index (χ1n) is 8.27. The van der Waals surface area contributed by atoms with Crippen LogP contribution in [0, 0.1) is 0 Å². The van der Waals surface area contributed by atoms with Gasteiger partial charge in [-0.05, 0) is 47.9 Å². The molecule has 1 N–H and O–H groups in total. The largest absolute Gasteiger partial charge is 0.497 e. The van der Waals surface area contributed by atoms with Gasteiger partial charge in [0.15, 0.2) is 0 Å². The number of hydrogen-bond acceptors (Lipinski definition) is 2. The Bertz CT molecular complexity index is 824. The molecule has 1 atom stereocenters. The molecule has 126 valence electrons. The van der Waals surface area contributed by atoms with Gasteiger partial charge in [-0.2, -0.15) is 0 Å². The van der Waals surface area contributed by atoms with E-state index in [4.69, 9.17) is 4.74 Å². The van der Waals surface area contributed by atoms with Crippen LogP contribution in [0.2, 0.25) is 0 Å². The quantitative estimate of drug-likeness (QED) is 0.725. The van der Waals surface area contributed by atoms with Crippen LogP contribution in [0.5, 0.6) is 5.75 Å². The van der Waals surface area contributed by atoms with E-state index in [1.54, 1.807) is 7.11 Å². The fourth-order valence-electron chi connectivity index (χ4n) is 2.70. The summed E-state index contributed by atoms with van der Waals surface area (Å²) in [4.78, 5) is 12.5. The van der Waals surface area contributed by atoms with Crippen molar-refractivity contribution in [3.05, 3.63) is 90.0 Å². The summed E-state index contributed by atoms with van der Waals surface area (Å²) in [5.41, 5.74) is 3.93. The van der Waals surface area contributed by atoms with E-state index in [1.807, 2.05) is 73.7 Å². The highest BCUT2D eigenvalue weighted by molar-refractivity contribution is 5.94. The zero-order valence-corrected chi connectivity index (χ0v) is 14.4. The summed E-state index contributed by atoms with van der Waals surface area (Å²) in [6.45, 7) is 1.97. The molecule has 3 heteroatoms. The Labute approximate surface area is 148 Å². The second-order valence-corrected chi connectivity index (χ2v) is 5.91. The summed E-state index contributed by atoms with van der Waals surface area (Å²) in [6, 6.07) is 25.4. The lowest BCUT2D eigenvalue weighted by atomic mass is 10.0. The number of carbonyl (C=O) groups is 1. The van der Waals surface area contributed by atoms with Gasteiger partial charge in [0.25, 0.3) is 5.91 Å². The molecule has 3 rings (SSSR count). The Balaban J connectivity index is 1.68. The predicted octanol–water partition coefficient (Wildman–Crippen LogP) is 4.85. The van der Waals surface area contributed by atoms with Crippen LogP contribution in [-0.2, 0) is 0 Å². The second-order valence-electron chi connectivity index (χ2n) is 5.91. The minimum absolute atomic E-state index is 0.0767. The number of amides is 1. The molecular formula is C22H21NO2. The molecule has 0 aliphatic heterocycles. The molecule has 0 aliphatic rings. The molecule has 3 aromatic carbocycles. The molecule has 1 unspecified atom stereocenters. The highest BCUT2D eigenvalue weighted by Crippen LogP contribution is 2.20. The lowest BCUT2D eigenvalue weighted by Crippen LogP contribution is -2.26. The average Bonchev–Trinajstić information content (AvgIpc) is 2.68. The predicted molar refractivity (Wildman–Crippen MR) is 101 cm³/mol. The first-order chi connectivity index (χ1) is 12.2. The van der Waals surface area contributed by atoms with Gasteiger partial charge in [0.05, 0.1) is 13.2 Å². The molecule has 0 heterocycles. The van der Waals surface area contributed by atoms with Crippen LogP contribution < -0.4 is 10.1 Å². The summed E-state index contributed by atoms with van der Waals surface area (Å²) in [5.74, 6) is 0.724. The summed E-state index contributed by atoms with van der Waals surface area (Å²) in [7, 11) is 1.64. The average molecular weight is 331 g/mol. The van der Waals surface area contributed by atoms with E-state index in [2.05, 4.69) is 17.4 Å². The van der Waals surface area contributed by atoms with E-state index in [9.17, 15) is 4.79 Å². The van der Waals surface area contributed by atoms with Crippen molar-refractivity contribution in [2.75, 3.05) is 7.11 Å². The molecule has 3 nitrogen and oxygen atoms in total. The van der Waals surface area contributed by atoms with Crippen molar-refractivity contribution in [3.63, 3.8) is 0 Å². The van der Waals surface area contributed by atoms with Crippen LogP contribution in [0.4, 0.5) is 0 Å². The van der Waals surface area contributed by atoms with Crippen LogP contribution >= 0.6 is 0 Å². The van der Waals surface area contributed by atoms with Gasteiger partial charge in [-0.3, -0.25) is 4.79 Å². The lowest BCUT2D eigenvalue weighted by molar-refractivity contribution is 0.0940. The van der Waals surface area contributed by atoms with E-state index in [1.165, 1.54) is 0 Å². The van der Waals surface area contributed by atoms with Gasteiger partial charge in [0.1, 0.15) is 5.75 Å². The zero-order valence-electron chi connectivity index (χ0n) is 14.4. The third-order valence-electron chi connectivity index (χ3n) is 4.22. The maximum atomic E-state index is 12.5. The number of carbonyl (C=O) groups excluding carboxylic acids is 1. The van der Waals surface area contributed by atoms with Gasteiger partial charge in [0, 0.05) is 5.56 Å². The summed E-state index contributed by atoms with van der Waals surface area (Å²) < 4.78 is 5.16. The van der Waals surface area contributed by atoms with Crippen molar-refractivity contribution in [3.8, 4) is 16.9 Å². The lowest BCUT2D eigenvalue weighted by Gasteiger charge is -2.15. The van der Waals surface area contributed by atoms with Gasteiger partial charge < -0.3 is 10.1 Å². The number of rotatable bonds is 5. The Hall–Kier alpha value is -3.07. The molecule has 0 bridgehead atoms. The highest BCUT2D eigenvalue weighted by Gasteiger charge is 2.11. The minimum atomic E-state index is -0.0806. The number of benzene rings is 3. The van der Waals surface area contributed by atoms with Crippen molar-refractivity contribution in [2.45, 2.75) is 13.0 Å². The fraction of sp³-hybridized carbons (Fsp3) is 0.136. The fourth-order valence-corrected chi connectivity index (χ4v) is 2.70. The molecule has 0 saturated carbocycles. The van der Waals surface area contributed by atoms with E-state index in [0.717, 1.165) is 22.4 Å². The van der Waals surface area contributed by atoms with E-state index < -0.39 is 0 Å². The Morgan fingerprint density at radius 1 is 0.840 bits per heavy atom. The topological polar surface area (TPSA) is 38.3 Å². The molecule has 0 aliphatic carbocycles. The summed E-state index contributed by atoms with van der Waals surface area (Å²) >= 11 is 0. The molecule has 0 spiro atoms. The molecule has 25 heavy (non-hydrogen) atoms. The van der Waals surface area contributed by atoms with Gasteiger partial charge in [-0.1, -0.05) is 54.6 Å². The monoisotopic (exact) mass is 331 g/mol. The zero-order chi connectivity index (χ0) is 17.6. The maximum absolute atomic E-state index is 12.5. The number of ether oxygens (including phenoxy) is 1. The summed E-state index contributed by atoms with van der Waals surface area (Å²) in [5, 5.41) is 3.03. The molecular weight excluding hydrogens is 310 g/mol. The standard InChI is InChI=1S/C22H21NO2/c1-16(17-12-14-21(25-2)15-13-17)23-22(24)20-10-8-19(9-11-20)18-6-4-3-5-7-18/h3-16H,1-2H3,(H,23,24). The molecule has 0 aromatic heterocycles. The van der Waals surface area contributed by atoms with Crippen LogP contribution in [0.3, 0.4) is 0 Å². The second kappa shape index (κ2) is 7.67. The van der Waals surface area contributed by atoms with Crippen molar-refractivity contribution in [1.82, 2.24) is 5.32 Å². The van der Waals surface area contributed by atoms with Crippen molar-refractivity contribution in [2.24, 2.45) is 0 Å². The SMILES string of the molecule is COc1ccc(C(C)NC(=O)c2ccc(-c3ccccc3)cc2)cc1. The first kappa shape index (κ1) is 16.8. The number of methoxy groups -OCH3 is 1. The van der Waals surface area contributed by atoms with Crippen LogP contribution in [0.25, 0.3) is 11.1 Å². The Kier molecular flexibility index (Phi) is 5.14. The van der Waals surface area contributed by atoms with Crippen LogP contribution in [0.1, 0.15) is 28.9 Å². The normalized spacial score (nSPS) is 11.6. The first-order valence-corrected chi connectivity index (χ1v) is 8.27. The molecule has 1 amide bonds. The number of hydrogen-bond donors (Lipinski definition) is 1. The molecule has 3 aromatic rings. The van der Waals surface area contributed by atoms with E-state index in [0.29, 0.717) is 5.56 Å². The Morgan fingerprint density at radius 2 is 1.44 bits per heavy atom. The molecule has 0 fully saturated rings. The van der Waals surface area contributed by atoms with Crippen molar-refractivity contribution >= 4 is 5.91 Å². The van der Waals surface area contributed by atoms with Crippen molar-refractivity contribution < 1.29 is 9.53 Å². The van der Waals surface area contributed by atoms with Gasteiger partial charge in [-0.25, -0.2) is 0 Å². The molecule has 0 radical (unpaired) electrons. The third-order valence-corrected chi connectivity index (χ3v) is 4.22. The van der Waals surface area contributed by atoms with Gasteiger partial charge >= 0.3 is 0 Å². The third kappa shape index (κ3) is 4.07. The van der Waals surface area contributed by atoms with Gasteiger partial charge in [-0.15, -0.1) is 0 Å². The van der Waals surface area contributed by atoms with Crippen molar-refractivity contribution in [1.29, 1.82) is 0 Å². The molecule has 0 saturated heterocycles. The van der Waals surface area contributed by atoms with Crippen LogP contribution in [-0.4, -0.2) is 13.0 Å². The Morgan fingerprint density at radius 3 is 2.04 bits per heavy atom. The van der Waals surface area contributed by atoms with E-state index >= 15 is 0 Å². The van der Waals surface area contributed by atoms with Gasteiger partial charge in [0.2, 0.25) is 0 Å². The highest BCUT2D eigenvalue weighted by atomic mass is 16.5. The van der Waals surface area contributed by atoms with E-state index in [-0.39, 0.29) is 11.9 Å². The number of nitrogens with one attached hydrogen (secondary N) is 1.